The molecule has 0 bridgehead atoms. The summed E-state index contributed by atoms with van der Waals surface area (Å²) < 4.78 is 14.6. The average Bonchev–Trinajstić information content (AvgIpc) is 2.62. The quantitative estimate of drug-likeness (QED) is 0.861. The van der Waals surface area contributed by atoms with Crippen LogP contribution in [-0.4, -0.2) is 29.9 Å². The minimum atomic E-state index is -0.467. The van der Waals surface area contributed by atoms with Crippen molar-refractivity contribution in [1.82, 2.24) is 4.90 Å². The molecule has 0 saturated carbocycles. The Morgan fingerprint density at radius 3 is 2.46 bits per heavy atom. The average molecular weight is 377 g/mol. The Morgan fingerprint density at radius 1 is 1.19 bits per heavy atom. The van der Waals surface area contributed by atoms with Crippen LogP contribution >= 0.6 is 12.4 Å². The number of piperidine rings is 1. The highest BCUT2D eigenvalue weighted by Gasteiger charge is 2.27. The van der Waals surface area contributed by atoms with E-state index in [2.05, 4.69) is 0 Å². The first-order valence-corrected chi connectivity index (χ1v) is 8.87. The first-order chi connectivity index (χ1) is 12.0. The highest BCUT2D eigenvalue weighted by Crippen LogP contribution is 2.25. The molecule has 1 fully saturated rings. The van der Waals surface area contributed by atoms with Crippen molar-refractivity contribution < 1.29 is 9.18 Å². The summed E-state index contributed by atoms with van der Waals surface area (Å²) >= 11 is 0. The van der Waals surface area contributed by atoms with Gasteiger partial charge in [0.05, 0.1) is 5.56 Å². The van der Waals surface area contributed by atoms with Crippen molar-refractivity contribution in [2.24, 2.45) is 11.7 Å². The predicted molar refractivity (Wildman–Crippen MR) is 106 cm³/mol. The van der Waals surface area contributed by atoms with Crippen molar-refractivity contribution >= 4 is 18.3 Å². The third-order valence-corrected chi connectivity index (χ3v) is 5.07. The minimum Gasteiger partial charge on any atom is -0.338 e. The van der Waals surface area contributed by atoms with Crippen LogP contribution < -0.4 is 5.73 Å². The topological polar surface area (TPSA) is 46.3 Å². The summed E-state index contributed by atoms with van der Waals surface area (Å²) in [6.45, 7) is 5.26. The predicted octanol–water partition coefficient (Wildman–Crippen LogP) is 4.42. The van der Waals surface area contributed by atoms with Gasteiger partial charge in [-0.05, 0) is 55.9 Å². The van der Waals surface area contributed by atoms with Gasteiger partial charge in [-0.1, -0.05) is 35.9 Å². The lowest BCUT2D eigenvalue weighted by molar-refractivity contribution is 0.0656. The van der Waals surface area contributed by atoms with E-state index in [1.54, 1.807) is 11.0 Å². The van der Waals surface area contributed by atoms with Gasteiger partial charge in [0.2, 0.25) is 0 Å². The van der Waals surface area contributed by atoms with Gasteiger partial charge in [0, 0.05) is 19.1 Å². The van der Waals surface area contributed by atoms with Crippen LogP contribution in [0.15, 0.2) is 42.5 Å². The van der Waals surface area contributed by atoms with E-state index in [9.17, 15) is 9.18 Å². The molecule has 3 rings (SSSR count). The Balaban J connectivity index is 0.00000243. The Kier molecular flexibility index (Phi) is 6.79. The van der Waals surface area contributed by atoms with Crippen LogP contribution in [0.25, 0.3) is 11.1 Å². The van der Waals surface area contributed by atoms with E-state index in [1.807, 2.05) is 44.2 Å². The highest BCUT2D eigenvalue weighted by atomic mass is 35.5. The summed E-state index contributed by atoms with van der Waals surface area (Å²) in [4.78, 5) is 14.5. The van der Waals surface area contributed by atoms with Gasteiger partial charge in [0.15, 0.2) is 0 Å². The summed E-state index contributed by atoms with van der Waals surface area (Å²) in [5.41, 5.74) is 9.00. The molecule has 1 aliphatic rings. The summed E-state index contributed by atoms with van der Waals surface area (Å²) in [6, 6.07) is 12.8. The van der Waals surface area contributed by atoms with E-state index >= 15 is 0 Å². The number of hydrogen-bond donors (Lipinski definition) is 1. The van der Waals surface area contributed by atoms with Crippen molar-refractivity contribution in [2.75, 3.05) is 13.1 Å². The minimum absolute atomic E-state index is 0. The molecule has 0 aromatic heterocycles. The molecule has 26 heavy (non-hydrogen) atoms. The zero-order valence-electron chi connectivity index (χ0n) is 15.2. The molecule has 2 atom stereocenters. The van der Waals surface area contributed by atoms with Crippen molar-refractivity contribution in [2.45, 2.75) is 32.7 Å². The standard InChI is InChI=1S/C21H25FN2O.ClH/c1-14-5-7-16(8-6-14)17-9-10-19(20(22)12-17)21(25)24-11-3-4-18(13-24)15(2)23;/h5-10,12,15,18H,3-4,11,13,23H2,1-2H3;1H. The molecular weight excluding hydrogens is 351 g/mol. The molecule has 140 valence electrons. The number of carbonyl (C=O) groups excluding carboxylic acids is 1. The molecule has 1 amide bonds. The molecule has 1 aliphatic heterocycles. The van der Waals surface area contributed by atoms with E-state index in [1.165, 1.54) is 6.07 Å². The molecule has 5 heteroatoms. The Labute approximate surface area is 160 Å². The lowest BCUT2D eigenvalue weighted by Crippen LogP contribution is -2.45. The molecule has 0 aliphatic carbocycles. The fourth-order valence-electron chi connectivity index (χ4n) is 3.41. The first-order valence-electron chi connectivity index (χ1n) is 8.87. The van der Waals surface area contributed by atoms with Gasteiger partial charge in [0.1, 0.15) is 5.82 Å². The van der Waals surface area contributed by atoms with E-state index in [0.29, 0.717) is 13.1 Å². The van der Waals surface area contributed by atoms with Crippen molar-refractivity contribution in [1.29, 1.82) is 0 Å². The Bertz CT molecular complexity index is 761. The second-order valence-corrected chi connectivity index (χ2v) is 7.07. The normalized spacial score (nSPS) is 18.2. The molecule has 1 heterocycles. The lowest BCUT2D eigenvalue weighted by Gasteiger charge is -2.34. The number of likely N-dealkylation sites (tertiary alicyclic amines) is 1. The fraction of sp³-hybridized carbons (Fsp3) is 0.381. The lowest BCUT2D eigenvalue weighted by atomic mass is 9.91. The molecule has 1 saturated heterocycles. The maximum absolute atomic E-state index is 14.6. The van der Waals surface area contributed by atoms with Crippen molar-refractivity contribution in [3.8, 4) is 11.1 Å². The van der Waals surface area contributed by atoms with Crippen LogP contribution in [0.1, 0.15) is 35.7 Å². The molecule has 0 radical (unpaired) electrons. The SMILES string of the molecule is Cc1ccc(-c2ccc(C(=O)N3CCCC(C(C)N)C3)c(F)c2)cc1.Cl. The van der Waals surface area contributed by atoms with Gasteiger partial charge in [-0.3, -0.25) is 4.79 Å². The number of aryl methyl sites for hydroxylation is 1. The summed E-state index contributed by atoms with van der Waals surface area (Å²) in [6.07, 6.45) is 1.94. The van der Waals surface area contributed by atoms with E-state index in [-0.39, 0.29) is 35.8 Å². The number of carbonyl (C=O) groups is 1. The highest BCUT2D eigenvalue weighted by molar-refractivity contribution is 5.95. The second-order valence-electron chi connectivity index (χ2n) is 7.07. The van der Waals surface area contributed by atoms with E-state index in [0.717, 1.165) is 29.5 Å². The summed E-state index contributed by atoms with van der Waals surface area (Å²) in [5.74, 6) is -0.420. The fourth-order valence-corrected chi connectivity index (χ4v) is 3.41. The van der Waals surface area contributed by atoms with Gasteiger partial charge in [0.25, 0.3) is 5.91 Å². The second kappa shape index (κ2) is 8.65. The van der Waals surface area contributed by atoms with Gasteiger partial charge >= 0.3 is 0 Å². The van der Waals surface area contributed by atoms with Gasteiger partial charge in [-0.2, -0.15) is 0 Å². The van der Waals surface area contributed by atoms with Crippen molar-refractivity contribution in [3.63, 3.8) is 0 Å². The molecule has 3 nitrogen and oxygen atoms in total. The third-order valence-electron chi connectivity index (χ3n) is 5.07. The van der Waals surface area contributed by atoms with Crippen LogP contribution in [0.5, 0.6) is 0 Å². The number of amides is 1. The van der Waals surface area contributed by atoms with Crippen molar-refractivity contribution in [3.05, 3.63) is 59.4 Å². The van der Waals surface area contributed by atoms with E-state index < -0.39 is 5.82 Å². The number of hydrogen-bond acceptors (Lipinski definition) is 2. The Hall–Kier alpha value is -1.91. The maximum atomic E-state index is 14.6. The molecule has 0 spiro atoms. The first kappa shape index (κ1) is 20.4. The molecular formula is C21H26ClFN2O. The van der Waals surface area contributed by atoms with Crippen LogP contribution in [0.3, 0.4) is 0 Å². The molecule has 2 unspecified atom stereocenters. The van der Waals surface area contributed by atoms with Crippen LogP contribution in [-0.2, 0) is 0 Å². The number of benzene rings is 2. The molecule has 2 N–H and O–H groups in total. The van der Waals surface area contributed by atoms with E-state index in [4.69, 9.17) is 5.73 Å². The maximum Gasteiger partial charge on any atom is 0.256 e. The number of nitrogens with zero attached hydrogens (tertiary/aromatic N) is 1. The van der Waals surface area contributed by atoms with Crippen LogP contribution in [0, 0.1) is 18.7 Å². The third kappa shape index (κ3) is 4.43. The molecule has 2 aromatic carbocycles. The largest absolute Gasteiger partial charge is 0.338 e. The number of halogens is 2. The zero-order valence-corrected chi connectivity index (χ0v) is 16.1. The molecule has 2 aromatic rings. The summed E-state index contributed by atoms with van der Waals surface area (Å²) in [5, 5.41) is 0. The van der Waals surface area contributed by atoms with Gasteiger partial charge in [-0.15, -0.1) is 12.4 Å². The van der Waals surface area contributed by atoms with Gasteiger partial charge in [-0.25, -0.2) is 4.39 Å². The summed E-state index contributed by atoms with van der Waals surface area (Å²) in [7, 11) is 0. The van der Waals surface area contributed by atoms with Crippen LogP contribution in [0.4, 0.5) is 4.39 Å². The van der Waals surface area contributed by atoms with Gasteiger partial charge < -0.3 is 10.6 Å². The number of nitrogens with two attached hydrogens (primary N) is 1. The zero-order chi connectivity index (χ0) is 18.0. The monoisotopic (exact) mass is 376 g/mol. The number of rotatable bonds is 3. The Morgan fingerprint density at radius 2 is 1.85 bits per heavy atom. The van der Waals surface area contributed by atoms with Crippen LogP contribution in [0.2, 0.25) is 0 Å². The smallest absolute Gasteiger partial charge is 0.256 e.